The zero-order valence-electron chi connectivity index (χ0n) is 11.7. The van der Waals surface area contributed by atoms with Crippen LogP contribution in [0, 0.1) is 17.8 Å². The lowest BCUT2D eigenvalue weighted by Gasteiger charge is -2.25. The van der Waals surface area contributed by atoms with Crippen LogP contribution in [0.15, 0.2) is 0 Å². The Morgan fingerprint density at radius 3 is 1.33 bits per heavy atom. The first-order chi connectivity index (χ1) is 6.91. The molecular formula is C14H31N. The summed E-state index contributed by atoms with van der Waals surface area (Å²) in [5.74, 6) is 2.46. The summed E-state index contributed by atoms with van der Waals surface area (Å²) in [5.41, 5.74) is 0. The van der Waals surface area contributed by atoms with Crippen molar-refractivity contribution < 1.29 is 0 Å². The lowest BCUT2D eigenvalue weighted by molar-refractivity contribution is 0.219. The number of hydrogen-bond donors (Lipinski definition) is 0. The topological polar surface area (TPSA) is 3.24 Å². The Kier molecular flexibility index (Phi) is 8.13. The molecule has 0 aromatic carbocycles. The molecule has 0 spiro atoms. The van der Waals surface area contributed by atoms with E-state index in [-0.39, 0.29) is 0 Å². The molecule has 0 heterocycles. The van der Waals surface area contributed by atoms with Crippen molar-refractivity contribution in [3.63, 3.8) is 0 Å². The molecule has 1 nitrogen and oxygen atoms in total. The largest absolute Gasteiger partial charge is 0.303 e. The lowest BCUT2D eigenvalue weighted by atomic mass is 10.1. The minimum Gasteiger partial charge on any atom is -0.303 e. The molecule has 0 rings (SSSR count). The zero-order valence-corrected chi connectivity index (χ0v) is 11.7. The van der Waals surface area contributed by atoms with Crippen LogP contribution in [0.25, 0.3) is 0 Å². The van der Waals surface area contributed by atoms with E-state index in [1.54, 1.807) is 0 Å². The van der Waals surface area contributed by atoms with E-state index >= 15 is 0 Å². The molecule has 0 radical (unpaired) electrons. The van der Waals surface area contributed by atoms with Gasteiger partial charge in [-0.2, -0.15) is 0 Å². The van der Waals surface area contributed by atoms with Crippen LogP contribution in [0.4, 0.5) is 0 Å². The normalized spacial score (nSPS) is 12.4. The average molecular weight is 213 g/mol. The molecule has 0 saturated carbocycles. The van der Waals surface area contributed by atoms with Crippen molar-refractivity contribution in [1.82, 2.24) is 4.90 Å². The predicted molar refractivity (Wildman–Crippen MR) is 70.2 cm³/mol. The van der Waals surface area contributed by atoms with E-state index in [2.05, 4.69) is 46.4 Å². The van der Waals surface area contributed by atoms with Gasteiger partial charge in [0.25, 0.3) is 0 Å². The summed E-state index contributed by atoms with van der Waals surface area (Å²) < 4.78 is 0. The van der Waals surface area contributed by atoms with Gasteiger partial charge in [-0.15, -0.1) is 0 Å². The lowest BCUT2D eigenvalue weighted by Crippen LogP contribution is -2.31. The van der Waals surface area contributed by atoms with Crippen molar-refractivity contribution in [2.75, 3.05) is 19.6 Å². The quantitative estimate of drug-likeness (QED) is 0.588. The van der Waals surface area contributed by atoms with Crippen molar-refractivity contribution in [2.45, 2.75) is 54.4 Å². The third-order valence-electron chi connectivity index (χ3n) is 2.67. The Bertz CT molecular complexity index is 126. The van der Waals surface area contributed by atoms with Crippen molar-refractivity contribution in [2.24, 2.45) is 17.8 Å². The van der Waals surface area contributed by atoms with E-state index in [1.807, 2.05) is 0 Å². The fraction of sp³-hybridized carbons (Fsp3) is 1.00. The summed E-state index contributed by atoms with van der Waals surface area (Å²) in [6, 6.07) is 0. The summed E-state index contributed by atoms with van der Waals surface area (Å²) >= 11 is 0. The second-order valence-corrected chi connectivity index (χ2v) is 6.06. The molecule has 1 heteroatoms. The van der Waals surface area contributed by atoms with Gasteiger partial charge in [0.15, 0.2) is 0 Å². The molecular weight excluding hydrogens is 182 g/mol. The summed E-state index contributed by atoms with van der Waals surface area (Å²) in [7, 11) is 0. The van der Waals surface area contributed by atoms with Crippen molar-refractivity contribution in [3.05, 3.63) is 0 Å². The molecule has 0 aromatic heterocycles. The van der Waals surface area contributed by atoms with E-state index in [9.17, 15) is 0 Å². The Labute approximate surface area is 97.2 Å². The fourth-order valence-corrected chi connectivity index (χ4v) is 1.69. The van der Waals surface area contributed by atoms with Gasteiger partial charge >= 0.3 is 0 Å². The Hall–Kier alpha value is -0.0400. The van der Waals surface area contributed by atoms with Gasteiger partial charge < -0.3 is 4.90 Å². The molecule has 15 heavy (non-hydrogen) atoms. The highest BCUT2D eigenvalue weighted by Gasteiger charge is 2.08. The second kappa shape index (κ2) is 8.15. The Morgan fingerprint density at radius 1 is 0.667 bits per heavy atom. The van der Waals surface area contributed by atoms with Gasteiger partial charge in [-0.05, 0) is 43.7 Å². The summed E-state index contributed by atoms with van der Waals surface area (Å²) in [6.07, 6.45) is 2.68. The van der Waals surface area contributed by atoms with Gasteiger partial charge in [0.1, 0.15) is 0 Å². The van der Waals surface area contributed by atoms with Crippen LogP contribution < -0.4 is 0 Å². The van der Waals surface area contributed by atoms with Crippen LogP contribution in [0.1, 0.15) is 54.4 Å². The number of hydrogen-bond acceptors (Lipinski definition) is 1. The average Bonchev–Trinajstić information content (AvgIpc) is 2.08. The van der Waals surface area contributed by atoms with Crippen molar-refractivity contribution in [3.8, 4) is 0 Å². The van der Waals surface area contributed by atoms with Gasteiger partial charge in [-0.1, -0.05) is 41.5 Å². The maximum absolute atomic E-state index is 2.64. The van der Waals surface area contributed by atoms with Crippen LogP contribution >= 0.6 is 0 Å². The minimum atomic E-state index is 0.796. The molecule has 0 aliphatic rings. The van der Waals surface area contributed by atoms with E-state index in [0.717, 1.165) is 17.8 Å². The summed E-state index contributed by atoms with van der Waals surface area (Å²) in [5, 5.41) is 0. The highest BCUT2D eigenvalue weighted by Crippen LogP contribution is 2.08. The molecule has 0 atom stereocenters. The fourth-order valence-electron chi connectivity index (χ4n) is 1.69. The molecule has 0 aliphatic carbocycles. The highest BCUT2D eigenvalue weighted by atomic mass is 15.1. The van der Waals surface area contributed by atoms with E-state index in [1.165, 1.54) is 32.5 Å². The van der Waals surface area contributed by atoms with E-state index in [4.69, 9.17) is 0 Å². The smallest absolute Gasteiger partial charge is 0.000439 e. The summed E-state index contributed by atoms with van der Waals surface area (Å²) in [4.78, 5) is 2.64. The second-order valence-electron chi connectivity index (χ2n) is 6.06. The van der Waals surface area contributed by atoms with Gasteiger partial charge in [-0.25, -0.2) is 0 Å². The SMILES string of the molecule is CC(C)CCN(CCC(C)C)CC(C)C. The molecule has 92 valence electrons. The van der Waals surface area contributed by atoms with Gasteiger partial charge in [0, 0.05) is 6.54 Å². The molecule has 0 N–H and O–H groups in total. The molecule has 0 saturated heterocycles. The van der Waals surface area contributed by atoms with Crippen LogP contribution in [-0.2, 0) is 0 Å². The number of nitrogens with zero attached hydrogens (tertiary/aromatic N) is 1. The molecule has 0 aliphatic heterocycles. The number of rotatable bonds is 8. The molecule has 0 amide bonds. The first-order valence-corrected chi connectivity index (χ1v) is 6.64. The maximum Gasteiger partial charge on any atom is 0.000439 e. The van der Waals surface area contributed by atoms with Crippen LogP contribution in [0.2, 0.25) is 0 Å². The van der Waals surface area contributed by atoms with Crippen molar-refractivity contribution in [1.29, 1.82) is 0 Å². The molecule has 0 unspecified atom stereocenters. The third-order valence-corrected chi connectivity index (χ3v) is 2.67. The van der Waals surface area contributed by atoms with Gasteiger partial charge in [0.05, 0.1) is 0 Å². The monoisotopic (exact) mass is 213 g/mol. The third kappa shape index (κ3) is 10.2. The first-order valence-electron chi connectivity index (χ1n) is 6.64. The Morgan fingerprint density at radius 2 is 1.07 bits per heavy atom. The van der Waals surface area contributed by atoms with Crippen LogP contribution in [0.3, 0.4) is 0 Å². The van der Waals surface area contributed by atoms with E-state index < -0.39 is 0 Å². The van der Waals surface area contributed by atoms with Gasteiger partial charge in [-0.3, -0.25) is 0 Å². The van der Waals surface area contributed by atoms with Crippen LogP contribution in [-0.4, -0.2) is 24.5 Å². The zero-order chi connectivity index (χ0) is 11.8. The Balaban J connectivity index is 3.84. The minimum absolute atomic E-state index is 0.796. The standard InChI is InChI=1S/C14H31N/c1-12(2)7-9-15(11-14(5)6)10-8-13(3)4/h12-14H,7-11H2,1-6H3. The van der Waals surface area contributed by atoms with Crippen molar-refractivity contribution >= 4 is 0 Å². The molecule has 0 fully saturated rings. The van der Waals surface area contributed by atoms with E-state index in [0.29, 0.717) is 0 Å². The molecule has 0 bridgehead atoms. The van der Waals surface area contributed by atoms with Gasteiger partial charge in [0.2, 0.25) is 0 Å². The molecule has 0 aromatic rings. The summed E-state index contributed by atoms with van der Waals surface area (Å²) in [6.45, 7) is 17.7. The maximum atomic E-state index is 2.64. The van der Waals surface area contributed by atoms with Crippen LogP contribution in [0.5, 0.6) is 0 Å². The highest BCUT2D eigenvalue weighted by molar-refractivity contribution is 4.62. The first kappa shape index (κ1) is 15.0. The predicted octanol–water partition coefficient (Wildman–Crippen LogP) is 4.04.